The highest BCUT2D eigenvalue weighted by Gasteiger charge is 2.38. The minimum Gasteiger partial charge on any atom is -0.376 e. The molecule has 1 aliphatic heterocycles. The van der Waals surface area contributed by atoms with E-state index >= 15 is 0 Å². The van der Waals surface area contributed by atoms with E-state index in [0.717, 1.165) is 42.7 Å². The summed E-state index contributed by atoms with van der Waals surface area (Å²) in [4.78, 5) is 25.9. The van der Waals surface area contributed by atoms with Gasteiger partial charge in [-0.3, -0.25) is 9.59 Å². The SMILES string of the molecule is Cc1c(CC(=O)NCC2CCCO2)c2c(n1C1CCCCC1)CC(C)(C)CC2=O. The van der Waals surface area contributed by atoms with E-state index in [2.05, 4.69) is 30.7 Å². The van der Waals surface area contributed by atoms with Gasteiger partial charge < -0.3 is 14.6 Å². The van der Waals surface area contributed by atoms with Gasteiger partial charge in [-0.25, -0.2) is 0 Å². The molecule has 2 fully saturated rings. The van der Waals surface area contributed by atoms with Crippen LogP contribution in [0.5, 0.6) is 0 Å². The molecule has 1 N–H and O–H groups in total. The van der Waals surface area contributed by atoms with E-state index in [9.17, 15) is 9.59 Å². The van der Waals surface area contributed by atoms with Crippen molar-refractivity contribution in [1.82, 2.24) is 9.88 Å². The molecule has 160 valence electrons. The zero-order chi connectivity index (χ0) is 20.6. The monoisotopic (exact) mass is 400 g/mol. The van der Waals surface area contributed by atoms with Crippen LogP contribution in [0.1, 0.15) is 98.6 Å². The number of hydrogen-bond donors (Lipinski definition) is 1. The van der Waals surface area contributed by atoms with Crippen molar-refractivity contribution in [2.24, 2.45) is 5.41 Å². The first-order valence-corrected chi connectivity index (χ1v) is 11.5. The lowest BCUT2D eigenvalue weighted by Crippen LogP contribution is -2.33. The molecule has 0 bridgehead atoms. The molecular formula is C24H36N2O3. The fourth-order valence-electron chi connectivity index (χ4n) is 5.67. The Morgan fingerprint density at radius 2 is 1.90 bits per heavy atom. The van der Waals surface area contributed by atoms with Gasteiger partial charge in [0.05, 0.1) is 12.5 Å². The minimum absolute atomic E-state index is 0.00447. The summed E-state index contributed by atoms with van der Waals surface area (Å²) in [5, 5.41) is 3.04. The highest BCUT2D eigenvalue weighted by atomic mass is 16.5. The molecule has 1 amide bonds. The number of rotatable bonds is 5. The number of fused-ring (bicyclic) bond motifs is 1. The van der Waals surface area contributed by atoms with Gasteiger partial charge in [0.15, 0.2) is 5.78 Å². The number of nitrogens with zero attached hydrogens (tertiary/aromatic N) is 1. The smallest absolute Gasteiger partial charge is 0.224 e. The standard InChI is InChI=1S/C24H36N2O3/c1-16-19(12-22(28)25-15-18-10-7-11-29-18)23-20(13-24(2,3)14-21(23)27)26(16)17-8-5-4-6-9-17/h17-18H,4-15H2,1-3H3,(H,25,28). The van der Waals surface area contributed by atoms with Crippen molar-refractivity contribution in [3.63, 3.8) is 0 Å². The van der Waals surface area contributed by atoms with E-state index in [1.807, 2.05) is 0 Å². The van der Waals surface area contributed by atoms with E-state index in [0.29, 0.717) is 25.4 Å². The molecular weight excluding hydrogens is 364 g/mol. The number of amides is 1. The summed E-state index contributed by atoms with van der Waals surface area (Å²) in [6.45, 7) is 7.87. The van der Waals surface area contributed by atoms with E-state index in [-0.39, 0.29) is 23.2 Å². The van der Waals surface area contributed by atoms with Gasteiger partial charge in [0.25, 0.3) is 0 Å². The molecule has 0 aromatic carbocycles. The zero-order valence-electron chi connectivity index (χ0n) is 18.3. The molecule has 1 aromatic rings. The highest BCUT2D eigenvalue weighted by molar-refractivity contribution is 6.01. The Balaban J connectivity index is 1.61. The second-order valence-corrected chi connectivity index (χ2v) is 10.1. The van der Waals surface area contributed by atoms with Gasteiger partial charge in [-0.2, -0.15) is 0 Å². The molecule has 4 rings (SSSR count). The lowest BCUT2D eigenvalue weighted by atomic mass is 9.75. The Kier molecular flexibility index (Phi) is 5.87. The van der Waals surface area contributed by atoms with Gasteiger partial charge >= 0.3 is 0 Å². The number of hydrogen-bond acceptors (Lipinski definition) is 3. The molecule has 1 atom stereocenters. The minimum atomic E-state index is -0.0133. The van der Waals surface area contributed by atoms with Crippen LogP contribution in [0.3, 0.4) is 0 Å². The maximum atomic E-state index is 13.2. The topological polar surface area (TPSA) is 60.3 Å². The molecule has 0 spiro atoms. The second-order valence-electron chi connectivity index (χ2n) is 10.1. The van der Waals surface area contributed by atoms with Crippen LogP contribution in [0.15, 0.2) is 0 Å². The Morgan fingerprint density at radius 1 is 1.14 bits per heavy atom. The number of carbonyl (C=O) groups is 2. The summed E-state index contributed by atoms with van der Waals surface area (Å²) in [6, 6.07) is 0.475. The third-order valence-corrected chi connectivity index (χ3v) is 7.07. The second kappa shape index (κ2) is 8.25. The molecule has 5 nitrogen and oxygen atoms in total. The van der Waals surface area contributed by atoms with Crippen molar-refractivity contribution in [1.29, 1.82) is 0 Å². The summed E-state index contributed by atoms with van der Waals surface area (Å²) < 4.78 is 8.07. The van der Waals surface area contributed by atoms with Crippen LogP contribution in [0.25, 0.3) is 0 Å². The summed E-state index contributed by atoms with van der Waals surface area (Å²) in [5.74, 6) is 0.223. The lowest BCUT2D eigenvalue weighted by Gasteiger charge is -2.33. The van der Waals surface area contributed by atoms with Crippen LogP contribution in [0.2, 0.25) is 0 Å². The predicted octanol–water partition coefficient (Wildman–Crippen LogP) is 4.29. The fraction of sp³-hybridized carbons (Fsp3) is 0.750. The van der Waals surface area contributed by atoms with Crippen LogP contribution in [0, 0.1) is 12.3 Å². The van der Waals surface area contributed by atoms with Crippen molar-refractivity contribution in [2.45, 2.75) is 97.1 Å². The molecule has 2 heterocycles. The predicted molar refractivity (Wildman–Crippen MR) is 113 cm³/mol. The van der Waals surface area contributed by atoms with Crippen LogP contribution in [-0.4, -0.2) is 35.5 Å². The molecule has 0 radical (unpaired) electrons. The summed E-state index contributed by atoms with van der Waals surface area (Å²) >= 11 is 0. The average molecular weight is 401 g/mol. The number of nitrogens with one attached hydrogen (secondary N) is 1. The van der Waals surface area contributed by atoms with E-state index in [1.165, 1.54) is 37.8 Å². The van der Waals surface area contributed by atoms with Gasteiger partial charge in [-0.1, -0.05) is 33.1 Å². The molecule has 2 aliphatic carbocycles. The summed E-state index contributed by atoms with van der Waals surface area (Å²) in [6.07, 6.45) is 10.2. The molecule has 1 aromatic heterocycles. The summed E-state index contributed by atoms with van der Waals surface area (Å²) in [5.41, 5.74) is 4.15. The highest BCUT2D eigenvalue weighted by Crippen LogP contribution is 2.42. The quantitative estimate of drug-likeness (QED) is 0.802. The average Bonchev–Trinajstić information content (AvgIpc) is 3.27. The van der Waals surface area contributed by atoms with E-state index in [4.69, 9.17) is 4.74 Å². The van der Waals surface area contributed by atoms with E-state index < -0.39 is 0 Å². The molecule has 5 heteroatoms. The first kappa shape index (κ1) is 20.6. The fourth-order valence-corrected chi connectivity index (χ4v) is 5.67. The van der Waals surface area contributed by atoms with Gasteiger partial charge in [0.2, 0.25) is 5.91 Å². The Hall–Kier alpha value is -1.62. The maximum absolute atomic E-state index is 13.2. The Bertz CT molecular complexity index is 781. The number of aromatic nitrogens is 1. The van der Waals surface area contributed by atoms with Crippen LogP contribution in [0.4, 0.5) is 0 Å². The van der Waals surface area contributed by atoms with E-state index in [1.54, 1.807) is 0 Å². The van der Waals surface area contributed by atoms with Crippen LogP contribution < -0.4 is 5.32 Å². The van der Waals surface area contributed by atoms with Crippen molar-refractivity contribution < 1.29 is 14.3 Å². The largest absolute Gasteiger partial charge is 0.376 e. The number of carbonyl (C=O) groups excluding carboxylic acids is 2. The number of ether oxygens (including phenoxy) is 1. The van der Waals surface area contributed by atoms with Gasteiger partial charge in [0, 0.05) is 42.6 Å². The first-order chi connectivity index (χ1) is 13.9. The molecule has 1 saturated heterocycles. The molecule has 29 heavy (non-hydrogen) atoms. The van der Waals surface area contributed by atoms with Crippen LogP contribution >= 0.6 is 0 Å². The lowest BCUT2D eigenvalue weighted by molar-refractivity contribution is -0.120. The maximum Gasteiger partial charge on any atom is 0.224 e. The normalized spacial score (nSPS) is 24.5. The van der Waals surface area contributed by atoms with Crippen molar-refractivity contribution in [3.05, 3.63) is 22.5 Å². The Morgan fingerprint density at radius 3 is 2.59 bits per heavy atom. The molecule has 1 saturated carbocycles. The van der Waals surface area contributed by atoms with Crippen molar-refractivity contribution in [3.8, 4) is 0 Å². The van der Waals surface area contributed by atoms with Gasteiger partial charge in [0.1, 0.15) is 0 Å². The summed E-state index contributed by atoms with van der Waals surface area (Å²) in [7, 11) is 0. The van der Waals surface area contributed by atoms with Crippen molar-refractivity contribution in [2.75, 3.05) is 13.2 Å². The Labute approximate surface area is 174 Å². The third kappa shape index (κ3) is 4.30. The molecule has 1 unspecified atom stereocenters. The first-order valence-electron chi connectivity index (χ1n) is 11.5. The van der Waals surface area contributed by atoms with Crippen LogP contribution in [-0.2, 0) is 22.4 Å². The van der Waals surface area contributed by atoms with Gasteiger partial charge in [-0.15, -0.1) is 0 Å². The number of Topliss-reactive ketones (excluding diaryl/α,β-unsaturated/α-hetero) is 1. The molecule has 3 aliphatic rings. The zero-order valence-corrected chi connectivity index (χ0v) is 18.3. The number of ketones is 1. The third-order valence-electron chi connectivity index (χ3n) is 7.07. The van der Waals surface area contributed by atoms with Gasteiger partial charge in [-0.05, 0) is 50.0 Å². The van der Waals surface area contributed by atoms with Crippen molar-refractivity contribution >= 4 is 11.7 Å².